The van der Waals surface area contributed by atoms with E-state index < -0.39 is 6.10 Å². The van der Waals surface area contributed by atoms with Crippen molar-refractivity contribution in [3.63, 3.8) is 0 Å². The van der Waals surface area contributed by atoms with Gasteiger partial charge < -0.3 is 14.2 Å². The van der Waals surface area contributed by atoms with Crippen LogP contribution in [0.2, 0.25) is 0 Å². The van der Waals surface area contributed by atoms with E-state index in [9.17, 15) is 14.4 Å². The molecule has 6 nitrogen and oxygen atoms in total. The third-order valence-corrected chi connectivity index (χ3v) is 10.6. The Hall–Kier alpha value is -3.67. The molecule has 0 heterocycles. The van der Waals surface area contributed by atoms with Crippen LogP contribution in [0.25, 0.3) is 0 Å². The van der Waals surface area contributed by atoms with Crippen molar-refractivity contribution in [2.75, 3.05) is 13.2 Å². The molecule has 0 saturated carbocycles. The van der Waals surface area contributed by atoms with Crippen LogP contribution in [-0.2, 0) is 28.6 Å². The van der Waals surface area contributed by atoms with E-state index >= 15 is 0 Å². The molecule has 1 unspecified atom stereocenters. The standard InChI is InChI=1S/C57H94O6/c1-4-7-10-13-16-18-20-22-24-25-26-27-28-29-30-31-32-33-34-36-37-39-41-44-47-50-56(59)62-53-54(52-61-55(58)49-46-43-15-12-9-6-3)63-57(60)51-48-45-42-40-38-35-23-21-19-17-14-11-8-5-2/h7,10,16,18,21-24,26-27,29-30,32-33,36-37,54H,4-6,8-9,11-15,17,19-20,25,28,31,34-35,38-53H2,1-3H3/b10-7-,18-16-,23-21-,24-22-,27-26-,30-29-,33-32-,37-36-. The highest BCUT2D eigenvalue weighted by molar-refractivity contribution is 5.71. The first-order valence-electron chi connectivity index (χ1n) is 25.7. The van der Waals surface area contributed by atoms with Crippen LogP contribution in [0, 0.1) is 0 Å². The van der Waals surface area contributed by atoms with Crippen molar-refractivity contribution < 1.29 is 28.6 Å². The number of ether oxygens (including phenoxy) is 3. The van der Waals surface area contributed by atoms with Gasteiger partial charge >= 0.3 is 17.9 Å². The average molecular weight is 875 g/mol. The molecule has 1 atom stereocenters. The van der Waals surface area contributed by atoms with Crippen LogP contribution in [0.15, 0.2) is 97.2 Å². The van der Waals surface area contributed by atoms with Crippen molar-refractivity contribution in [2.24, 2.45) is 0 Å². The fourth-order valence-corrected chi connectivity index (χ4v) is 6.71. The van der Waals surface area contributed by atoms with Crippen molar-refractivity contribution in [1.82, 2.24) is 0 Å². The molecule has 0 N–H and O–H groups in total. The number of carbonyl (C=O) groups excluding carboxylic acids is 3. The first-order chi connectivity index (χ1) is 31.0. The normalized spacial score (nSPS) is 12.9. The summed E-state index contributed by atoms with van der Waals surface area (Å²) in [6.07, 6.45) is 67.0. The van der Waals surface area contributed by atoms with Gasteiger partial charge in [-0.05, 0) is 103 Å². The van der Waals surface area contributed by atoms with Crippen molar-refractivity contribution in [2.45, 2.75) is 232 Å². The second-order valence-electron chi connectivity index (χ2n) is 16.7. The lowest BCUT2D eigenvalue weighted by Gasteiger charge is -2.18. The van der Waals surface area contributed by atoms with Crippen LogP contribution in [0.3, 0.4) is 0 Å². The Kier molecular flexibility index (Phi) is 48.0. The Morgan fingerprint density at radius 1 is 0.333 bits per heavy atom. The van der Waals surface area contributed by atoms with Gasteiger partial charge in [-0.15, -0.1) is 0 Å². The van der Waals surface area contributed by atoms with Gasteiger partial charge in [0, 0.05) is 19.3 Å². The van der Waals surface area contributed by atoms with Gasteiger partial charge in [0.15, 0.2) is 6.10 Å². The molecule has 0 radical (unpaired) electrons. The SMILES string of the molecule is CC/C=C\C/C=C\C/C=C\C/C=C\C/C=C\C/C=C\C/C=C\CCCCCC(=O)OCC(COC(=O)CCCCCCCC)OC(=O)CCCCCCC/C=C\CCCCCCC. The molecule has 0 amide bonds. The zero-order valence-corrected chi connectivity index (χ0v) is 40.8. The fourth-order valence-electron chi connectivity index (χ4n) is 6.71. The molecule has 0 aromatic heterocycles. The highest BCUT2D eigenvalue weighted by Gasteiger charge is 2.19. The second kappa shape index (κ2) is 51.0. The molecule has 358 valence electrons. The average Bonchev–Trinajstić information content (AvgIpc) is 3.28. The summed E-state index contributed by atoms with van der Waals surface area (Å²) >= 11 is 0. The Bertz CT molecular complexity index is 1280. The fraction of sp³-hybridized carbons (Fsp3) is 0.667. The van der Waals surface area contributed by atoms with E-state index in [1.165, 1.54) is 64.2 Å². The quantitative estimate of drug-likeness (QED) is 0.0262. The van der Waals surface area contributed by atoms with Gasteiger partial charge in [-0.3, -0.25) is 14.4 Å². The number of hydrogen-bond acceptors (Lipinski definition) is 6. The highest BCUT2D eigenvalue weighted by Crippen LogP contribution is 2.13. The molecule has 0 spiro atoms. The first-order valence-corrected chi connectivity index (χ1v) is 25.7. The maximum atomic E-state index is 12.7. The Morgan fingerprint density at radius 2 is 0.619 bits per heavy atom. The number of allylic oxidation sites excluding steroid dienone is 16. The molecule has 0 bridgehead atoms. The summed E-state index contributed by atoms with van der Waals surface area (Å²) in [5, 5.41) is 0. The third kappa shape index (κ3) is 49.2. The van der Waals surface area contributed by atoms with Crippen LogP contribution in [0.4, 0.5) is 0 Å². The van der Waals surface area contributed by atoms with Gasteiger partial charge in [-0.2, -0.15) is 0 Å². The minimum atomic E-state index is -0.792. The van der Waals surface area contributed by atoms with E-state index in [2.05, 4.69) is 118 Å². The lowest BCUT2D eigenvalue weighted by molar-refractivity contribution is -0.167. The molecule has 0 aromatic carbocycles. The monoisotopic (exact) mass is 875 g/mol. The first kappa shape index (κ1) is 59.3. The zero-order chi connectivity index (χ0) is 45.8. The summed E-state index contributed by atoms with van der Waals surface area (Å²) in [7, 11) is 0. The summed E-state index contributed by atoms with van der Waals surface area (Å²) in [5.74, 6) is -0.950. The number of esters is 3. The maximum Gasteiger partial charge on any atom is 0.306 e. The van der Waals surface area contributed by atoms with Gasteiger partial charge in [0.2, 0.25) is 0 Å². The van der Waals surface area contributed by atoms with Crippen molar-refractivity contribution >= 4 is 17.9 Å². The molecule has 0 aromatic rings. The molecule has 0 aliphatic heterocycles. The van der Waals surface area contributed by atoms with E-state index in [0.29, 0.717) is 19.3 Å². The van der Waals surface area contributed by atoms with E-state index in [1.54, 1.807) is 0 Å². The van der Waals surface area contributed by atoms with Crippen LogP contribution in [0.5, 0.6) is 0 Å². The van der Waals surface area contributed by atoms with Gasteiger partial charge in [0.05, 0.1) is 0 Å². The maximum absolute atomic E-state index is 12.7. The summed E-state index contributed by atoms with van der Waals surface area (Å²) in [5.41, 5.74) is 0. The summed E-state index contributed by atoms with van der Waals surface area (Å²) in [6.45, 7) is 6.40. The molecule has 0 aliphatic carbocycles. The van der Waals surface area contributed by atoms with E-state index in [-0.39, 0.29) is 31.1 Å². The predicted molar refractivity (Wildman–Crippen MR) is 270 cm³/mol. The Balaban J connectivity index is 4.28. The number of carbonyl (C=O) groups is 3. The summed E-state index contributed by atoms with van der Waals surface area (Å²) in [4.78, 5) is 37.7. The number of unbranched alkanes of at least 4 members (excludes halogenated alkanes) is 18. The molecule has 0 rings (SSSR count). The van der Waals surface area contributed by atoms with Gasteiger partial charge in [-0.25, -0.2) is 0 Å². The van der Waals surface area contributed by atoms with E-state index in [0.717, 1.165) is 122 Å². The molecular weight excluding hydrogens is 781 g/mol. The van der Waals surface area contributed by atoms with Crippen molar-refractivity contribution in [3.8, 4) is 0 Å². The molecule has 0 saturated heterocycles. The smallest absolute Gasteiger partial charge is 0.306 e. The Labute approximate surface area is 387 Å². The van der Waals surface area contributed by atoms with Crippen molar-refractivity contribution in [3.05, 3.63) is 97.2 Å². The van der Waals surface area contributed by atoms with E-state index in [4.69, 9.17) is 14.2 Å². The van der Waals surface area contributed by atoms with Crippen LogP contribution in [-0.4, -0.2) is 37.2 Å². The molecule has 0 aliphatic rings. The minimum absolute atomic E-state index is 0.0924. The lowest BCUT2D eigenvalue weighted by atomic mass is 10.1. The Morgan fingerprint density at radius 3 is 1.00 bits per heavy atom. The highest BCUT2D eigenvalue weighted by atomic mass is 16.6. The summed E-state index contributed by atoms with van der Waals surface area (Å²) in [6, 6.07) is 0. The van der Waals surface area contributed by atoms with Crippen molar-refractivity contribution in [1.29, 1.82) is 0 Å². The molecule has 63 heavy (non-hydrogen) atoms. The number of hydrogen-bond donors (Lipinski definition) is 0. The lowest BCUT2D eigenvalue weighted by Crippen LogP contribution is -2.30. The zero-order valence-electron chi connectivity index (χ0n) is 40.8. The topological polar surface area (TPSA) is 78.9 Å². The largest absolute Gasteiger partial charge is 0.462 e. The van der Waals surface area contributed by atoms with Crippen LogP contribution < -0.4 is 0 Å². The van der Waals surface area contributed by atoms with Crippen LogP contribution in [0.1, 0.15) is 226 Å². The van der Waals surface area contributed by atoms with Crippen LogP contribution >= 0.6 is 0 Å². The molecule has 6 heteroatoms. The van der Waals surface area contributed by atoms with E-state index in [1.807, 2.05) is 0 Å². The molecule has 0 fully saturated rings. The predicted octanol–water partition coefficient (Wildman–Crippen LogP) is 17.0. The second-order valence-corrected chi connectivity index (χ2v) is 16.7. The molecular formula is C57H94O6. The van der Waals surface area contributed by atoms with Gasteiger partial charge in [0.25, 0.3) is 0 Å². The minimum Gasteiger partial charge on any atom is -0.462 e. The number of rotatable bonds is 45. The van der Waals surface area contributed by atoms with Gasteiger partial charge in [-0.1, -0.05) is 201 Å². The third-order valence-electron chi connectivity index (χ3n) is 10.6. The summed E-state index contributed by atoms with van der Waals surface area (Å²) < 4.78 is 16.7. The van der Waals surface area contributed by atoms with Gasteiger partial charge in [0.1, 0.15) is 13.2 Å².